The van der Waals surface area contributed by atoms with Crippen molar-refractivity contribution in [2.75, 3.05) is 6.54 Å². The van der Waals surface area contributed by atoms with E-state index in [0.29, 0.717) is 11.8 Å². The summed E-state index contributed by atoms with van der Waals surface area (Å²) >= 11 is 0. The number of hydrogen-bond acceptors (Lipinski definition) is 2. The van der Waals surface area contributed by atoms with E-state index in [0.717, 1.165) is 6.54 Å². The van der Waals surface area contributed by atoms with Crippen LogP contribution in [0.15, 0.2) is 0 Å². The summed E-state index contributed by atoms with van der Waals surface area (Å²) < 4.78 is 0. The summed E-state index contributed by atoms with van der Waals surface area (Å²) in [6.07, 6.45) is 6.78. The van der Waals surface area contributed by atoms with Crippen LogP contribution in [0.5, 0.6) is 0 Å². The molecule has 0 aromatic rings. The van der Waals surface area contributed by atoms with Crippen LogP contribution in [0.4, 0.5) is 0 Å². The number of carbonyl (C=O) groups excluding carboxylic acids is 1. The molecule has 0 saturated heterocycles. The molecule has 1 fully saturated rings. The first kappa shape index (κ1) is 15.7. The number of halogens is 1. The molecule has 0 aliphatic heterocycles. The molecular weight excluding hydrogens is 224 g/mol. The number of rotatable bonds is 5. The Hall–Kier alpha value is -0.280. The van der Waals surface area contributed by atoms with Crippen LogP contribution in [0.2, 0.25) is 0 Å². The van der Waals surface area contributed by atoms with Gasteiger partial charge in [-0.3, -0.25) is 4.79 Å². The van der Waals surface area contributed by atoms with Gasteiger partial charge >= 0.3 is 0 Å². The maximum Gasteiger partial charge on any atom is 0.221 e. The highest BCUT2D eigenvalue weighted by Crippen LogP contribution is 2.40. The van der Waals surface area contributed by atoms with Crippen molar-refractivity contribution in [2.24, 2.45) is 11.1 Å². The normalized spacial score (nSPS) is 19.9. The zero-order chi connectivity index (χ0) is 11.3. The van der Waals surface area contributed by atoms with Crippen molar-refractivity contribution >= 4 is 18.3 Å². The highest BCUT2D eigenvalue weighted by atomic mass is 35.5. The highest BCUT2D eigenvalue weighted by molar-refractivity contribution is 5.85. The number of carbonyl (C=O) groups is 1. The first-order chi connectivity index (χ1) is 7.08. The molecule has 0 heterocycles. The molecule has 0 aromatic carbocycles. The second-order valence-corrected chi connectivity index (χ2v) is 5.02. The molecule has 3 N–H and O–H groups in total. The molecular formula is C12H25ClN2O. The molecule has 0 radical (unpaired) electrons. The summed E-state index contributed by atoms with van der Waals surface area (Å²) in [5.74, 6) is 0.102. The molecule has 1 amide bonds. The Morgan fingerprint density at radius 1 is 1.44 bits per heavy atom. The van der Waals surface area contributed by atoms with E-state index in [1.807, 2.05) is 6.92 Å². The van der Waals surface area contributed by atoms with E-state index in [1.54, 1.807) is 0 Å². The van der Waals surface area contributed by atoms with Crippen molar-refractivity contribution < 1.29 is 4.79 Å². The Morgan fingerprint density at radius 3 is 2.44 bits per heavy atom. The lowest BCUT2D eigenvalue weighted by Crippen LogP contribution is -2.37. The lowest BCUT2D eigenvalue weighted by Gasteiger charge is -2.27. The van der Waals surface area contributed by atoms with Crippen LogP contribution in [0, 0.1) is 5.41 Å². The fraction of sp³-hybridized carbons (Fsp3) is 0.917. The third kappa shape index (κ3) is 4.71. The molecule has 1 saturated carbocycles. The van der Waals surface area contributed by atoms with Gasteiger partial charge in [-0.1, -0.05) is 19.8 Å². The Kier molecular flexibility index (Phi) is 7.00. The van der Waals surface area contributed by atoms with Gasteiger partial charge in [0.25, 0.3) is 0 Å². The molecule has 3 nitrogen and oxygen atoms in total. The van der Waals surface area contributed by atoms with Crippen LogP contribution in [0.3, 0.4) is 0 Å². The highest BCUT2D eigenvalue weighted by Gasteiger charge is 2.32. The van der Waals surface area contributed by atoms with Gasteiger partial charge in [0, 0.05) is 19.0 Å². The second-order valence-electron chi connectivity index (χ2n) is 5.02. The minimum Gasteiger partial charge on any atom is -0.355 e. The van der Waals surface area contributed by atoms with E-state index >= 15 is 0 Å². The Balaban J connectivity index is 0.00000225. The van der Waals surface area contributed by atoms with Gasteiger partial charge in [-0.05, 0) is 31.6 Å². The molecule has 0 bridgehead atoms. The van der Waals surface area contributed by atoms with Crippen molar-refractivity contribution in [1.29, 1.82) is 0 Å². The van der Waals surface area contributed by atoms with Crippen LogP contribution < -0.4 is 11.1 Å². The first-order valence-corrected chi connectivity index (χ1v) is 6.10. The van der Waals surface area contributed by atoms with Crippen LogP contribution >= 0.6 is 12.4 Å². The van der Waals surface area contributed by atoms with E-state index in [2.05, 4.69) is 12.2 Å². The number of amides is 1. The van der Waals surface area contributed by atoms with E-state index < -0.39 is 0 Å². The third-order valence-electron chi connectivity index (χ3n) is 3.58. The van der Waals surface area contributed by atoms with Gasteiger partial charge in [-0.2, -0.15) is 0 Å². The predicted octanol–water partition coefficient (Wildman–Crippen LogP) is 2.23. The molecule has 16 heavy (non-hydrogen) atoms. The van der Waals surface area contributed by atoms with Crippen LogP contribution in [0.1, 0.15) is 52.4 Å². The summed E-state index contributed by atoms with van der Waals surface area (Å²) in [6.45, 7) is 4.93. The number of nitrogens with two attached hydrogens (primary N) is 1. The Bertz CT molecular complexity index is 213. The molecule has 1 unspecified atom stereocenters. The molecule has 1 atom stereocenters. The summed E-state index contributed by atoms with van der Waals surface area (Å²) in [5, 5.41) is 3.03. The fourth-order valence-electron chi connectivity index (χ4n) is 2.43. The quantitative estimate of drug-likeness (QED) is 0.784. The standard InChI is InChI=1S/C12H24N2O.ClH/c1-3-12(6-4-5-7-12)9-14-11(15)8-10(2)13;/h10H,3-9,13H2,1-2H3,(H,14,15);1H. The van der Waals surface area contributed by atoms with Gasteiger partial charge in [0.1, 0.15) is 0 Å². The van der Waals surface area contributed by atoms with Crippen molar-refractivity contribution in [2.45, 2.75) is 58.4 Å². The zero-order valence-electron chi connectivity index (χ0n) is 10.4. The molecule has 4 heteroatoms. The molecule has 1 rings (SSSR count). The predicted molar refractivity (Wildman–Crippen MR) is 69.7 cm³/mol. The summed E-state index contributed by atoms with van der Waals surface area (Å²) in [6, 6.07) is -0.0360. The molecule has 0 spiro atoms. The molecule has 96 valence electrons. The average molecular weight is 249 g/mol. The van der Waals surface area contributed by atoms with Crippen molar-refractivity contribution in [3.8, 4) is 0 Å². The SMILES string of the molecule is CCC1(CNC(=O)CC(C)N)CCCC1.Cl. The average Bonchev–Trinajstić information content (AvgIpc) is 2.63. The minimum atomic E-state index is -0.0360. The number of hydrogen-bond donors (Lipinski definition) is 2. The maximum atomic E-state index is 11.5. The topological polar surface area (TPSA) is 55.1 Å². The summed E-state index contributed by atoms with van der Waals surface area (Å²) in [4.78, 5) is 11.5. The van der Waals surface area contributed by atoms with Gasteiger partial charge < -0.3 is 11.1 Å². The molecule has 1 aliphatic carbocycles. The van der Waals surface area contributed by atoms with Crippen LogP contribution in [-0.4, -0.2) is 18.5 Å². The molecule has 1 aliphatic rings. The minimum absolute atomic E-state index is 0. The van der Waals surface area contributed by atoms with Crippen LogP contribution in [0.25, 0.3) is 0 Å². The number of nitrogens with one attached hydrogen (secondary N) is 1. The Labute approximate surface area is 105 Å². The maximum absolute atomic E-state index is 11.5. The summed E-state index contributed by atoms with van der Waals surface area (Å²) in [7, 11) is 0. The van der Waals surface area contributed by atoms with Gasteiger partial charge in [-0.25, -0.2) is 0 Å². The summed E-state index contributed by atoms with van der Waals surface area (Å²) in [5.41, 5.74) is 5.96. The Morgan fingerprint density at radius 2 is 2.00 bits per heavy atom. The van der Waals surface area contributed by atoms with E-state index in [-0.39, 0.29) is 24.4 Å². The third-order valence-corrected chi connectivity index (χ3v) is 3.58. The lowest BCUT2D eigenvalue weighted by atomic mass is 9.83. The first-order valence-electron chi connectivity index (χ1n) is 6.10. The van der Waals surface area contributed by atoms with E-state index in [4.69, 9.17) is 5.73 Å². The van der Waals surface area contributed by atoms with Crippen molar-refractivity contribution in [1.82, 2.24) is 5.32 Å². The van der Waals surface area contributed by atoms with Gasteiger partial charge in [0.15, 0.2) is 0 Å². The van der Waals surface area contributed by atoms with E-state index in [1.165, 1.54) is 32.1 Å². The van der Waals surface area contributed by atoms with Crippen LogP contribution in [-0.2, 0) is 4.79 Å². The van der Waals surface area contributed by atoms with Gasteiger partial charge in [0.05, 0.1) is 0 Å². The largest absolute Gasteiger partial charge is 0.355 e. The van der Waals surface area contributed by atoms with E-state index in [9.17, 15) is 4.79 Å². The van der Waals surface area contributed by atoms with Gasteiger partial charge in [0.2, 0.25) is 5.91 Å². The smallest absolute Gasteiger partial charge is 0.221 e. The van der Waals surface area contributed by atoms with Crippen molar-refractivity contribution in [3.05, 3.63) is 0 Å². The molecule has 0 aromatic heterocycles. The fourth-order valence-corrected chi connectivity index (χ4v) is 2.43. The monoisotopic (exact) mass is 248 g/mol. The lowest BCUT2D eigenvalue weighted by molar-refractivity contribution is -0.121. The van der Waals surface area contributed by atoms with Gasteiger partial charge in [-0.15, -0.1) is 12.4 Å². The van der Waals surface area contributed by atoms with Crippen molar-refractivity contribution in [3.63, 3.8) is 0 Å². The second kappa shape index (κ2) is 7.13. The zero-order valence-corrected chi connectivity index (χ0v) is 11.2.